The van der Waals surface area contributed by atoms with Crippen LogP contribution in [-0.4, -0.2) is 29.6 Å². The van der Waals surface area contributed by atoms with Crippen molar-refractivity contribution in [2.24, 2.45) is 16.5 Å². The molecule has 1 atom stereocenters. The topological polar surface area (TPSA) is 114 Å². The third-order valence-electron chi connectivity index (χ3n) is 5.25. The van der Waals surface area contributed by atoms with Gasteiger partial charge in [0.25, 0.3) is 0 Å². The van der Waals surface area contributed by atoms with Gasteiger partial charge >= 0.3 is 5.97 Å². The van der Waals surface area contributed by atoms with Gasteiger partial charge in [0.05, 0.1) is 5.54 Å². The molecule has 3 aromatic carbocycles. The Balaban J connectivity index is 2.10. The molecule has 0 unspecified atom stereocenters. The predicted molar refractivity (Wildman–Crippen MR) is 124 cm³/mol. The fourth-order valence-corrected chi connectivity index (χ4v) is 3.84. The number of aliphatic imine (C=N–C) groups is 1. The minimum atomic E-state index is -0.920. The number of rotatable bonds is 10. The van der Waals surface area contributed by atoms with Gasteiger partial charge in [-0.05, 0) is 29.5 Å². The van der Waals surface area contributed by atoms with E-state index in [0.29, 0.717) is 19.4 Å². The monoisotopic (exact) mass is 416 g/mol. The number of carboxylic acids is 1. The molecular weight excluding hydrogens is 388 g/mol. The lowest BCUT2D eigenvalue weighted by Crippen LogP contribution is -2.52. The standard InChI is InChI=1S/C25H28N4O2/c26-24(27)28-18-10-17-22(23(30)31)29-25(19-11-4-1-5-12-19,20-13-6-2-7-14-20)21-15-8-3-9-16-21/h1-9,11-16,22,29H,10,17-18H2,(H,30,31)(H4,26,27,28)/t22-/m1/s1. The Morgan fingerprint density at radius 2 is 1.26 bits per heavy atom. The molecule has 0 amide bonds. The van der Waals surface area contributed by atoms with Crippen LogP contribution in [0.4, 0.5) is 0 Å². The first-order valence-electron chi connectivity index (χ1n) is 10.3. The van der Waals surface area contributed by atoms with Gasteiger partial charge in [-0.25, -0.2) is 0 Å². The van der Waals surface area contributed by atoms with Crippen molar-refractivity contribution in [3.05, 3.63) is 108 Å². The second-order valence-corrected chi connectivity index (χ2v) is 7.33. The molecule has 0 spiro atoms. The Kier molecular flexibility index (Phi) is 7.40. The highest BCUT2D eigenvalue weighted by Gasteiger charge is 2.39. The number of benzene rings is 3. The smallest absolute Gasteiger partial charge is 0.320 e. The van der Waals surface area contributed by atoms with Crippen molar-refractivity contribution in [2.45, 2.75) is 24.4 Å². The zero-order chi connectivity index (χ0) is 22.1. The zero-order valence-corrected chi connectivity index (χ0v) is 17.3. The number of nitrogens with one attached hydrogen (secondary N) is 1. The molecule has 0 heterocycles. The van der Waals surface area contributed by atoms with Crippen LogP contribution >= 0.6 is 0 Å². The minimum absolute atomic E-state index is 0.00652. The lowest BCUT2D eigenvalue weighted by atomic mass is 9.76. The molecule has 6 nitrogen and oxygen atoms in total. The van der Waals surface area contributed by atoms with Crippen LogP contribution in [0.15, 0.2) is 96.0 Å². The first-order chi connectivity index (χ1) is 15.0. The number of hydrogen-bond acceptors (Lipinski definition) is 3. The van der Waals surface area contributed by atoms with Gasteiger partial charge in [-0.1, -0.05) is 91.0 Å². The van der Waals surface area contributed by atoms with E-state index in [1.807, 2.05) is 91.0 Å². The second-order valence-electron chi connectivity index (χ2n) is 7.33. The first kappa shape index (κ1) is 22.1. The van der Waals surface area contributed by atoms with E-state index in [-0.39, 0.29) is 5.96 Å². The number of hydrogen-bond donors (Lipinski definition) is 4. The molecule has 0 radical (unpaired) electrons. The summed E-state index contributed by atoms with van der Waals surface area (Å²) in [5.74, 6) is -0.913. The van der Waals surface area contributed by atoms with Gasteiger partial charge in [-0.3, -0.25) is 15.1 Å². The van der Waals surface area contributed by atoms with Gasteiger partial charge in [0, 0.05) is 6.54 Å². The molecule has 0 bridgehead atoms. The predicted octanol–water partition coefficient (Wildman–Crippen LogP) is 3.07. The fourth-order valence-electron chi connectivity index (χ4n) is 3.84. The summed E-state index contributed by atoms with van der Waals surface area (Å²) in [7, 11) is 0. The summed E-state index contributed by atoms with van der Waals surface area (Å²) in [6, 6.07) is 28.9. The molecule has 0 fully saturated rings. The van der Waals surface area contributed by atoms with Gasteiger partial charge in [-0.15, -0.1) is 0 Å². The van der Waals surface area contributed by atoms with E-state index in [9.17, 15) is 9.90 Å². The maximum atomic E-state index is 12.3. The van der Waals surface area contributed by atoms with Crippen LogP contribution in [0.2, 0.25) is 0 Å². The number of aliphatic carboxylic acids is 1. The van der Waals surface area contributed by atoms with E-state index >= 15 is 0 Å². The van der Waals surface area contributed by atoms with E-state index in [2.05, 4.69) is 10.3 Å². The average Bonchev–Trinajstić information content (AvgIpc) is 2.80. The van der Waals surface area contributed by atoms with E-state index in [0.717, 1.165) is 16.7 Å². The molecule has 31 heavy (non-hydrogen) atoms. The fraction of sp³-hybridized carbons (Fsp3) is 0.200. The normalized spacial score (nSPS) is 12.1. The molecule has 6 heteroatoms. The average molecular weight is 417 g/mol. The molecule has 0 aromatic heterocycles. The third kappa shape index (κ3) is 5.29. The summed E-state index contributed by atoms with van der Waals surface area (Å²) in [6.45, 7) is 0.378. The third-order valence-corrected chi connectivity index (χ3v) is 5.25. The second kappa shape index (κ2) is 10.4. The van der Waals surface area contributed by atoms with Gasteiger partial charge in [0.15, 0.2) is 5.96 Å². The van der Waals surface area contributed by atoms with E-state index in [4.69, 9.17) is 11.5 Å². The Morgan fingerprint density at radius 3 is 1.61 bits per heavy atom. The SMILES string of the molecule is NC(N)=NCCC[C@@H](NC(c1ccccc1)(c1ccccc1)c1ccccc1)C(=O)O. The molecule has 0 saturated carbocycles. The Labute approximate surface area is 182 Å². The number of carboxylic acid groups (broad SMARTS) is 1. The zero-order valence-electron chi connectivity index (χ0n) is 17.3. The Bertz CT molecular complexity index is 891. The van der Waals surface area contributed by atoms with Crippen molar-refractivity contribution >= 4 is 11.9 Å². The van der Waals surface area contributed by atoms with Crippen LogP contribution < -0.4 is 16.8 Å². The van der Waals surface area contributed by atoms with Crippen LogP contribution in [0.5, 0.6) is 0 Å². The molecule has 6 N–H and O–H groups in total. The molecule has 0 aliphatic heterocycles. The molecule has 3 aromatic rings. The summed E-state index contributed by atoms with van der Waals surface area (Å²) in [5, 5.41) is 13.5. The van der Waals surface area contributed by atoms with Gasteiger partial charge in [0.2, 0.25) is 0 Å². The van der Waals surface area contributed by atoms with Crippen molar-refractivity contribution in [3.63, 3.8) is 0 Å². The van der Waals surface area contributed by atoms with Crippen LogP contribution in [0.3, 0.4) is 0 Å². The summed E-state index contributed by atoms with van der Waals surface area (Å²) >= 11 is 0. The van der Waals surface area contributed by atoms with Crippen molar-refractivity contribution in [1.29, 1.82) is 0 Å². The highest BCUT2D eigenvalue weighted by atomic mass is 16.4. The summed E-state index contributed by atoms with van der Waals surface area (Å²) in [5.41, 5.74) is 12.8. The lowest BCUT2D eigenvalue weighted by Gasteiger charge is -2.39. The minimum Gasteiger partial charge on any atom is -0.480 e. The lowest BCUT2D eigenvalue weighted by molar-refractivity contribution is -0.140. The van der Waals surface area contributed by atoms with Crippen LogP contribution in [0, 0.1) is 0 Å². The van der Waals surface area contributed by atoms with Gasteiger partial charge < -0.3 is 16.6 Å². The van der Waals surface area contributed by atoms with E-state index in [1.54, 1.807) is 0 Å². The molecule has 3 rings (SSSR count). The number of guanidine groups is 1. The largest absolute Gasteiger partial charge is 0.480 e. The molecular formula is C25H28N4O2. The van der Waals surface area contributed by atoms with E-state index in [1.165, 1.54) is 0 Å². The van der Waals surface area contributed by atoms with Crippen molar-refractivity contribution in [2.75, 3.05) is 6.54 Å². The molecule has 0 aliphatic rings. The number of nitrogens with zero attached hydrogens (tertiary/aromatic N) is 1. The van der Waals surface area contributed by atoms with Crippen molar-refractivity contribution in [1.82, 2.24) is 5.32 Å². The van der Waals surface area contributed by atoms with Gasteiger partial charge in [-0.2, -0.15) is 0 Å². The quantitative estimate of drug-likeness (QED) is 0.176. The van der Waals surface area contributed by atoms with Crippen molar-refractivity contribution in [3.8, 4) is 0 Å². The summed E-state index contributed by atoms with van der Waals surface area (Å²) < 4.78 is 0. The Hall–Kier alpha value is -3.64. The maximum absolute atomic E-state index is 12.3. The summed E-state index contributed by atoms with van der Waals surface area (Å²) in [4.78, 5) is 16.2. The highest BCUT2D eigenvalue weighted by molar-refractivity contribution is 5.75. The van der Waals surface area contributed by atoms with Crippen LogP contribution in [0.1, 0.15) is 29.5 Å². The molecule has 0 aliphatic carbocycles. The van der Waals surface area contributed by atoms with Crippen molar-refractivity contribution < 1.29 is 9.90 Å². The molecule has 0 saturated heterocycles. The first-order valence-corrected chi connectivity index (χ1v) is 10.3. The van der Waals surface area contributed by atoms with Crippen LogP contribution in [-0.2, 0) is 10.3 Å². The Morgan fingerprint density at radius 1 is 0.839 bits per heavy atom. The van der Waals surface area contributed by atoms with Crippen LogP contribution in [0.25, 0.3) is 0 Å². The van der Waals surface area contributed by atoms with E-state index < -0.39 is 17.6 Å². The number of nitrogens with two attached hydrogens (primary N) is 2. The summed E-state index contributed by atoms with van der Waals surface area (Å²) in [6.07, 6.45) is 0.913. The number of carbonyl (C=O) groups is 1. The highest BCUT2D eigenvalue weighted by Crippen LogP contribution is 2.37. The molecule has 160 valence electrons. The maximum Gasteiger partial charge on any atom is 0.320 e. The van der Waals surface area contributed by atoms with Gasteiger partial charge in [0.1, 0.15) is 6.04 Å².